The molecule has 7 nitrogen and oxygen atoms in total. The summed E-state index contributed by atoms with van der Waals surface area (Å²) >= 11 is 0. The standard InChI is InChI=1S/C24H23N3O4/c1-2-31-24(30)17-12-14-18(15-13-17)25-16-22(28)27-21-11-7-6-10-20(21)23(29)26-19-8-4-3-5-9-19/h3-15,25H,2,16H2,1H3,(H,26,29)(H,27,28). The van der Waals surface area contributed by atoms with Crippen LogP contribution in [0.3, 0.4) is 0 Å². The van der Waals surface area contributed by atoms with Gasteiger partial charge in [0.15, 0.2) is 0 Å². The van der Waals surface area contributed by atoms with E-state index in [9.17, 15) is 14.4 Å². The second-order valence-electron chi connectivity index (χ2n) is 6.57. The first-order chi connectivity index (χ1) is 15.1. The summed E-state index contributed by atoms with van der Waals surface area (Å²) in [5.74, 6) is -1.02. The van der Waals surface area contributed by atoms with Gasteiger partial charge in [-0.05, 0) is 55.5 Å². The van der Waals surface area contributed by atoms with Crippen molar-refractivity contribution in [2.45, 2.75) is 6.92 Å². The smallest absolute Gasteiger partial charge is 0.338 e. The van der Waals surface area contributed by atoms with Gasteiger partial charge in [-0.3, -0.25) is 9.59 Å². The molecule has 0 aliphatic carbocycles. The van der Waals surface area contributed by atoms with E-state index in [0.29, 0.717) is 34.8 Å². The molecule has 0 saturated carbocycles. The van der Waals surface area contributed by atoms with Crippen LogP contribution in [0.1, 0.15) is 27.6 Å². The number of hydrogen-bond acceptors (Lipinski definition) is 5. The van der Waals surface area contributed by atoms with E-state index in [-0.39, 0.29) is 18.4 Å². The van der Waals surface area contributed by atoms with E-state index < -0.39 is 5.97 Å². The normalized spacial score (nSPS) is 10.1. The van der Waals surface area contributed by atoms with E-state index in [2.05, 4.69) is 16.0 Å². The maximum atomic E-state index is 12.6. The number of esters is 1. The molecule has 0 aromatic heterocycles. The zero-order chi connectivity index (χ0) is 22.1. The summed E-state index contributed by atoms with van der Waals surface area (Å²) in [6, 6.07) is 22.5. The average Bonchev–Trinajstić information content (AvgIpc) is 2.79. The number of rotatable bonds is 8. The van der Waals surface area contributed by atoms with Crippen LogP contribution in [0.25, 0.3) is 0 Å². The lowest BCUT2D eigenvalue weighted by Gasteiger charge is -2.12. The molecule has 2 amide bonds. The van der Waals surface area contributed by atoms with Gasteiger partial charge in [0.25, 0.3) is 5.91 Å². The fourth-order valence-corrected chi connectivity index (χ4v) is 2.83. The van der Waals surface area contributed by atoms with Gasteiger partial charge < -0.3 is 20.7 Å². The minimum Gasteiger partial charge on any atom is -0.462 e. The monoisotopic (exact) mass is 417 g/mol. The van der Waals surface area contributed by atoms with E-state index >= 15 is 0 Å². The summed E-state index contributed by atoms with van der Waals surface area (Å²) < 4.78 is 4.94. The minimum absolute atomic E-state index is 0.00656. The van der Waals surface area contributed by atoms with Gasteiger partial charge in [0, 0.05) is 11.4 Å². The molecule has 0 aliphatic heterocycles. The summed E-state index contributed by atoms with van der Waals surface area (Å²) in [5.41, 5.74) is 2.56. The van der Waals surface area contributed by atoms with Crippen LogP contribution in [-0.2, 0) is 9.53 Å². The molecular weight excluding hydrogens is 394 g/mol. The van der Waals surface area contributed by atoms with Gasteiger partial charge in [0.2, 0.25) is 5.91 Å². The second kappa shape index (κ2) is 10.6. The van der Waals surface area contributed by atoms with Crippen LogP contribution in [-0.4, -0.2) is 30.9 Å². The van der Waals surface area contributed by atoms with E-state index in [4.69, 9.17) is 4.74 Å². The van der Waals surface area contributed by atoms with Crippen molar-refractivity contribution in [1.82, 2.24) is 0 Å². The maximum Gasteiger partial charge on any atom is 0.338 e. The van der Waals surface area contributed by atoms with Crippen molar-refractivity contribution in [2.75, 3.05) is 29.1 Å². The second-order valence-corrected chi connectivity index (χ2v) is 6.57. The predicted molar refractivity (Wildman–Crippen MR) is 120 cm³/mol. The molecule has 0 saturated heterocycles. The van der Waals surface area contributed by atoms with Gasteiger partial charge in [-0.2, -0.15) is 0 Å². The number of hydrogen-bond donors (Lipinski definition) is 3. The van der Waals surface area contributed by atoms with Crippen LogP contribution in [0.15, 0.2) is 78.9 Å². The highest BCUT2D eigenvalue weighted by Crippen LogP contribution is 2.18. The Bertz CT molecular complexity index is 1050. The third kappa shape index (κ3) is 6.17. The fraction of sp³-hybridized carbons (Fsp3) is 0.125. The number of para-hydroxylation sites is 2. The Morgan fingerprint density at radius 3 is 2.16 bits per heavy atom. The van der Waals surface area contributed by atoms with Crippen molar-refractivity contribution in [3.05, 3.63) is 90.0 Å². The first-order valence-corrected chi connectivity index (χ1v) is 9.83. The minimum atomic E-state index is -0.392. The molecule has 31 heavy (non-hydrogen) atoms. The topological polar surface area (TPSA) is 96.5 Å². The Kier molecular flexibility index (Phi) is 7.37. The number of ether oxygens (including phenoxy) is 1. The third-order valence-electron chi connectivity index (χ3n) is 4.33. The van der Waals surface area contributed by atoms with Crippen molar-refractivity contribution in [2.24, 2.45) is 0 Å². The van der Waals surface area contributed by atoms with Crippen molar-refractivity contribution >= 4 is 34.8 Å². The maximum absolute atomic E-state index is 12.6. The Labute approximate surface area is 180 Å². The van der Waals surface area contributed by atoms with Crippen LogP contribution >= 0.6 is 0 Å². The lowest BCUT2D eigenvalue weighted by molar-refractivity contribution is -0.114. The van der Waals surface area contributed by atoms with Crippen LogP contribution in [0.5, 0.6) is 0 Å². The summed E-state index contributed by atoms with van der Waals surface area (Å²) in [6.07, 6.45) is 0. The summed E-state index contributed by atoms with van der Waals surface area (Å²) in [4.78, 5) is 36.7. The van der Waals surface area contributed by atoms with E-state index in [1.165, 1.54) is 0 Å². The zero-order valence-electron chi connectivity index (χ0n) is 17.1. The molecule has 0 aliphatic rings. The van der Waals surface area contributed by atoms with Gasteiger partial charge in [-0.25, -0.2) is 4.79 Å². The summed E-state index contributed by atoms with van der Waals surface area (Å²) in [7, 11) is 0. The SMILES string of the molecule is CCOC(=O)c1ccc(NCC(=O)Nc2ccccc2C(=O)Nc2ccccc2)cc1. The molecule has 3 aromatic carbocycles. The molecule has 0 fully saturated rings. The van der Waals surface area contributed by atoms with Crippen molar-refractivity contribution in [3.63, 3.8) is 0 Å². The third-order valence-corrected chi connectivity index (χ3v) is 4.33. The van der Waals surface area contributed by atoms with Crippen LogP contribution < -0.4 is 16.0 Å². The van der Waals surface area contributed by atoms with E-state index in [1.54, 1.807) is 67.6 Å². The van der Waals surface area contributed by atoms with Crippen molar-refractivity contribution < 1.29 is 19.1 Å². The molecule has 0 spiro atoms. The van der Waals surface area contributed by atoms with Gasteiger partial charge >= 0.3 is 5.97 Å². The predicted octanol–water partition coefficient (Wildman–Crippen LogP) is 4.17. The molecule has 0 bridgehead atoms. The number of benzene rings is 3. The Morgan fingerprint density at radius 1 is 0.774 bits per heavy atom. The average molecular weight is 417 g/mol. The fourth-order valence-electron chi connectivity index (χ4n) is 2.83. The van der Waals surface area contributed by atoms with Gasteiger partial charge in [-0.15, -0.1) is 0 Å². The number of amides is 2. The lowest BCUT2D eigenvalue weighted by atomic mass is 10.1. The van der Waals surface area contributed by atoms with E-state index in [1.807, 2.05) is 18.2 Å². The van der Waals surface area contributed by atoms with Crippen LogP contribution in [0.4, 0.5) is 17.1 Å². The first kappa shape index (κ1) is 21.6. The molecule has 158 valence electrons. The quantitative estimate of drug-likeness (QED) is 0.478. The van der Waals surface area contributed by atoms with Gasteiger partial charge in [0.1, 0.15) is 0 Å². The number of nitrogens with one attached hydrogen (secondary N) is 3. The lowest BCUT2D eigenvalue weighted by Crippen LogP contribution is -2.24. The molecular formula is C24H23N3O4. The molecule has 3 aromatic rings. The molecule has 0 heterocycles. The Morgan fingerprint density at radius 2 is 1.45 bits per heavy atom. The summed E-state index contributed by atoms with van der Waals surface area (Å²) in [5, 5.41) is 8.55. The van der Waals surface area contributed by atoms with Crippen molar-refractivity contribution in [1.29, 1.82) is 0 Å². The van der Waals surface area contributed by atoms with Crippen LogP contribution in [0, 0.1) is 0 Å². The molecule has 0 radical (unpaired) electrons. The number of carbonyl (C=O) groups excluding carboxylic acids is 3. The van der Waals surface area contributed by atoms with Crippen LogP contribution in [0.2, 0.25) is 0 Å². The van der Waals surface area contributed by atoms with Gasteiger partial charge in [0.05, 0.1) is 30.0 Å². The summed E-state index contributed by atoms with van der Waals surface area (Å²) in [6.45, 7) is 2.05. The Balaban J connectivity index is 1.58. The Hall–Kier alpha value is -4.13. The molecule has 3 N–H and O–H groups in total. The molecule has 3 rings (SSSR count). The molecule has 0 unspecified atom stereocenters. The number of anilines is 3. The molecule has 0 atom stereocenters. The highest BCUT2D eigenvalue weighted by atomic mass is 16.5. The van der Waals surface area contributed by atoms with Crippen molar-refractivity contribution in [3.8, 4) is 0 Å². The first-order valence-electron chi connectivity index (χ1n) is 9.83. The van der Waals surface area contributed by atoms with Gasteiger partial charge in [-0.1, -0.05) is 30.3 Å². The number of carbonyl (C=O) groups is 3. The highest BCUT2D eigenvalue weighted by molar-refractivity contribution is 6.10. The highest BCUT2D eigenvalue weighted by Gasteiger charge is 2.13. The largest absolute Gasteiger partial charge is 0.462 e. The molecule has 7 heteroatoms. The zero-order valence-corrected chi connectivity index (χ0v) is 17.1. The van der Waals surface area contributed by atoms with E-state index in [0.717, 1.165) is 0 Å².